The average Bonchev–Trinajstić information content (AvgIpc) is 2.20. The maximum atomic E-state index is 2.36. The highest BCUT2D eigenvalue weighted by Gasteiger charge is 2.10. The molecule has 0 bridgehead atoms. The minimum Gasteiger partial charge on any atom is -0.0842 e. The highest BCUT2D eigenvalue weighted by atomic mass is 14.2. The maximum absolute atomic E-state index is 2.36. The van der Waals surface area contributed by atoms with Crippen molar-refractivity contribution in [3.8, 4) is 0 Å². The normalized spacial score (nSPS) is 13.8. The van der Waals surface area contributed by atoms with Gasteiger partial charge in [-0.3, -0.25) is 0 Å². The molecular formula is C15H28. The summed E-state index contributed by atoms with van der Waals surface area (Å²) < 4.78 is 0. The van der Waals surface area contributed by atoms with Crippen LogP contribution >= 0.6 is 0 Å². The van der Waals surface area contributed by atoms with Crippen molar-refractivity contribution in [3.05, 3.63) is 23.3 Å². The number of rotatable bonds is 7. The molecule has 0 aromatic heterocycles. The van der Waals surface area contributed by atoms with Crippen molar-refractivity contribution in [1.82, 2.24) is 0 Å². The molecule has 0 saturated carbocycles. The fraction of sp³-hybridized carbons (Fsp3) is 0.733. The van der Waals surface area contributed by atoms with Crippen molar-refractivity contribution in [3.63, 3.8) is 0 Å². The van der Waals surface area contributed by atoms with Gasteiger partial charge in [-0.05, 0) is 45.1 Å². The third-order valence-corrected chi connectivity index (χ3v) is 2.80. The minimum absolute atomic E-state index is 0.787. The molecule has 0 aromatic rings. The molecule has 0 spiro atoms. The van der Waals surface area contributed by atoms with Crippen LogP contribution in [0.5, 0.6) is 0 Å². The summed E-state index contributed by atoms with van der Waals surface area (Å²) in [4.78, 5) is 0. The summed E-state index contributed by atoms with van der Waals surface area (Å²) in [6, 6.07) is 0. The summed E-state index contributed by atoms with van der Waals surface area (Å²) in [6.45, 7) is 11.1. The van der Waals surface area contributed by atoms with E-state index in [0.29, 0.717) is 0 Å². The largest absolute Gasteiger partial charge is 0.0842 e. The zero-order valence-electron chi connectivity index (χ0n) is 11.3. The van der Waals surface area contributed by atoms with Gasteiger partial charge in [-0.2, -0.15) is 0 Å². The summed E-state index contributed by atoms with van der Waals surface area (Å²) in [5.74, 6) is 0.787. The molecule has 0 aliphatic heterocycles. The fourth-order valence-electron chi connectivity index (χ4n) is 2.05. The Balaban J connectivity index is 4.48. The van der Waals surface area contributed by atoms with Gasteiger partial charge < -0.3 is 0 Å². The molecule has 0 amide bonds. The monoisotopic (exact) mass is 208 g/mol. The Labute approximate surface area is 96.5 Å². The second-order valence-electron chi connectivity index (χ2n) is 4.64. The minimum atomic E-state index is 0.787. The third-order valence-electron chi connectivity index (χ3n) is 2.80. The van der Waals surface area contributed by atoms with Crippen LogP contribution in [0.15, 0.2) is 23.3 Å². The molecule has 0 N–H and O–H groups in total. The summed E-state index contributed by atoms with van der Waals surface area (Å²) >= 11 is 0. The molecule has 0 fully saturated rings. The summed E-state index contributed by atoms with van der Waals surface area (Å²) in [5.41, 5.74) is 2.96. The predicted octanol–water partition coefficient (Wildman–Crippen LogP) is 5.51. The van der Waals surface area contributed by atoms with Crippen molar-refractivity contribution in [2.75, 3.05) is 0 Å². The molecule has 1 atom stereocenters. The van der Waals surface area contributed by atoms with E-state index >= 15 is 0 Å². The smallest absolute Gasteiger partial charge is 0.0165 e. The Morgan fingerprint density at radius 1 is 1.07 bits per heavy atom. The van der Waals surface area contributed by atoms with E-state index < -0.39 is 0 Å². The molecular weight excluding hydrogens is 180 g/mol. The molecule has 88 valence electrons. The Morgan fingerprint density at radius 2 is 1.73 bits per heavy atom. The van der Waals surface area contributed by atoms with Crippen molar-refractivity contribution < 1.29 is 0 Å². The summed E-state index contributed by atoms with van der Waals surface area (Å²) in [5, 5.41) is 0. The molecule has 0 heterocycles. The van der Waals surface area contributed by atoms with Crippen molar-refractivity contribution in [1.29, 1.82) is 0 Å². The fourth-order valence-corrected chi connectivity index (χ4v) is 2.05. The Morgan fingerprint density at radius 3 is 2.13 bits per heavy atom. The molecule has 0 aliphatic rings. The van der Waals surface area contributed by atoms with Crippen LogP contribution in [-0.2, 0) is 0 Å². The SMILES string of the molecule is CC=C(C=C(C)C)C(CCC)CCCC. The highest BCUT2D eigenvalue weighted by molar-refractivity contribution is 5.24. The zero-order valence-corrected chi connectivity index (χ0v) is 11.3. The van der Waals surface area contributed by atoms with Crippen LogP contribution in [0, 0.1) is 5.92 Å². The molecule has 0 rings (SSSR count). The lowest BCUT2D eigenvalue weighted by Crippen LogP contribution is -2.03. The van der Waals surface area contributed by atoms with Gasteiger partial charge in [0.15, 0.2) is 0 Å². The van der Waals surface area contributed by atoms with E-state index in [0.717, 1.165) is 5.92 Å². The number of hydrogen-bond acceptors (Lipinski definition) is 0. The summed E-state index contributed by atoms with van der Waals surface area (Å²) in [6.07, 6.45) is 11.3. The van der Waals surface area contributed by atoms with Gasteiger partial charge in [-0.15, -0.1) is 0 Å². The van der Waals surface area contributed by atoms with Crippen molar-refractivity contribution in [2.45, 2.75) is 66.7 Å². The molecule has 0 aliphatic carbocycles. The first-order chi connectivity index (χ1) is 7.15. The first-order valence-corrected chi connectivity index (χ1v) is 6.46. The molecule has 15 heavy (non-hydrogen) atoms. The van der Waals surface area contributed by atoms with Gasteiger partial charge in [-0.25, -0.2) is 0 Å². The second-order valence-corrected chi connectivity index (χ2v) is 4.64. The number of hydrogen-bond donors (Lipinski definition) is 0. The summed E-state index contributed by atoms with van der Waals surface area (Å²) in [7, 11) is 0. The standard InChI is InChI=1S/C15H28/c1-6-9-11-15(10-7-2)14(8-3)12-13(4)5/h8,12,15H,6-7,9-11H2,1-5H3. The van der Waals surface area contributed by atoms with Crippen LogP contribution in [0.1, 0.15) is 66.7 Å². The number of allylic oxidation sites excluding steroid dienone is 4. The van der Waals surface area contributed by atoms with E-state index in [1.807, 2.05) is 0 Å². The topological polar surface area (TPSA) is 0 Å². The predicted molar refractivity (Wildman–Crippen MR) is 71.1 cm³/mol. The Bertz CT molecular complexity index is 204. The first kappa shape index (κ1) is 14.5. The zero-order chi connectivity index (χ0) is 11.7. The molecule has 0 radical (unpaired) electrons. The van der Waals surface area contributed by atoms with Gasteiger partial charge in [0.25, 0.3) is 0 Å². The molecule has 0 aromatic carbocycles. The quantitative estimate of drug-likeness (QED) is 0.484. The Hall–Kier alpha value is -0.520. The van der Waals surface area contributed by atoms with E-state index in [9.17, 15) is 0 Å². The van der Waals surface area contributed by atoms with E-state index in [1.165, 1.54) is 37.7 Å². The molecule has 1 unspecified atom stereocenters. The van der Waals surface area contributed by atoms with Gasteiger partial charge in [-0.1, -0.05) is 50.8 Å². The number of unbranched alkanes of at least 4 members (excludes halogenated alkanes) is 1. The van der Waals surface area contributed by atoms with E-state index in [-0.39, 0.29) is 0 Å². The van der Waals surface area contributed by atoms with Crippen LogP contribution < -0.4 is 0 Å². The van der Waals surface area contributed by atoms with Gasteiger partial charge in [0.2, 0.25) is 0 Å². The van der Waals surface area contributed by atoms with Crippen LogP contribution in [0.25, 0.3) is 0 Å². The average molecular weight is 208 g/mol. The third kappa shape index (κ3) is 6.54. The van der Waals surface area contributed by atoms with E-state index in [2.05, 4.69) is 46.8 Å². The van der Waals surface area contributed by atoms with Gasteiger partial charge in [0, 0.05) is 0 Å². The van der Waals surface area contributed by atoms with Crippen LogP contribution in [-0.4, -0.2) is 0 Å². The molecule has 0 saturated heterocycles. The van der Waals surface area contributed by atoms with Gasteiger partial charge in [0.1, 0.15) is 0 Å². The van der Waals surface area contributed by atoms with Crippen LogP contribution in [0.4, 0.5) is 0 Å². The van der Waals surface area contributed by atoms with E-state index in [4.69, 9.17) is 0 Å². The van der Waals surface area contributed by atoms with Gasteiger partial charge >= 0.3 is 0 Å². The lowest BCUT2D eigenvalue weighted by atomic mass is 9.88. The van der Waals surface area contributed by atoms with Crippen LogP contribution in [0.3, 0.4) is 0 Å². The maximum Gasteiger partial charge on any atom is -0.0165 e. The first-order valence-electron chi connectivity index (χ1n) is 6.46. The van der Waals surface area contributed by atoms with Crippen molar-refractivity contribution >= 4 is 0 Å². The van der Waals surface area contributed by atoms with Crippen LogP contribution in [0.2, 0.25) is 0 Å². The lowest BCUT2D eigenvalue weighted by Gasteiger charge is -2.17. The highest BCUT2D eigenvalue weighted by Crippen LogP contribution is 2.25. The van der Waals surface area contributed by atoms with Crippen molar-refractivity contribution in [2.24, 2.45) is 5.92 Å². The van der Waals surface area contributed by atoms with Gasteiger partial charge in [0.05, 0.1) is 0 Å². The lowest BCUT2D eigenvalue weighted by molar-refractivity contribution is 0.495. The second kappa shape index (κ2) is 8.76. The molecule has 0 nitrogen and oxygen atoms in total. The van der Waals surface area contributed by atoms with E-state index in [1.54, 1.807) is 5.57 Å². The molecule has 0 heteroatoms. The Kier molecular flexibility index (Phi) is 8.46.